The number of imidazole rings is 1. The highest BCUT2D eigenvalue weighted by Crippen LogP contribution is 2.27. The first-order valence-electron chi connectivity index (χ1n) is 9.17. The lowest BCUT2D eigenvalue weighted by molar-refractivity contribution is -0.113. The maximum atomic E-state index is 12.3. The number of carbonyl (C=O) groups excluding carboxylic acids is 1. The van der Waals surface area contributed by atoms with Gasteiger partial charge in [-0.2, -0.15) is 0 Å². The van der Waals surface area contributed by atoms with E-state index in [0.717, 1.165) is 35.8 Å². The topological polar surface area (TPSA) is 73.9 Å². The SMILES string of the molecule is CCN(CC)c1ccc(NC(=O)CSC(C)c2nc3ccccc3[nH]2)cn1. The Bertz CT molecular complexity index is 856. The molecule has 0 saturated carbocycles. The number of nitrogens with one attached hydrogen (secondary N) is 2. The number of carbonyl (C=O) groups is 1. The number of anilines is 2. The zero-order valence-electron chi connectivity index (χ0n) is 15.9. The van der Waals surface area contributed by atoms with Gasteiger partial charge in [0.1, 0.15) is 11.6 Å². The van der Waals surface area contributed by atoms with Gasteiger partial charge in [-0.05, 0) is 45.0 Å². The van der Waals surface area contributed by atoms with Crippen molar-refractivity contribution in [3.8, 4) is 0 Å². The Kier molecular flexibility index (Phi) is 6.34. The molecule has 0 radical (unpaired) electrons. The number of amides is 1. The molecule has 0 spiro atoms. The van der Waals surface area contributed by atoms with E-state index in [4.69, 9.17) is 0 Å². The molecule has 0 fully saturated rings. The Labute approximate surface area is 163 Å². The Morgan fingerprint density at radius 2 is 2.00 bits per heavy atom. The summed E-state index contributed by atoms with van der Waals surface area (Å²) < 4.78 is 0. The number of hydrogen-bond donors (Lipinski definition) is 2. The monoisotopic (exact) mass is 383 g/mol. The highest BCUT2D eigenvalue weighted by atomic mass is 32.2. The predicted molar refractivity (Wildman–Crippen MR) is 113 cm³/mol. The third-order valence-electron chi connectivity index (χ3n) is 4.38. The molecule has 1 aromatic carbocycles. The van der Waals surface area contributed by atoms with Crippen molar-refractivity contribution in [1.82, 2.24) is 15.0 Å². The minimum Gasteiger partial charge on any atom is -0.357 e. The highest BCUT2D eigenvalue weighted by Gasteiger charge is 2.13. The number of thioether (sulfide) groups is 1. The summed E-state index contributed by atoms with van der Waals surface area (Å²) in [5.41, 5.74) is 2.68. The zero-order chi connectivity index (χ0) is 19.2. The van der Waals surface area contributed by atoms with Crippen LogP contribution < -0.4 is 10.2 Å². The smallest absolute Gasteiger partial charge is 0.234 e. The number of hydrogen-bond acceptors (Lipinski definition) is 5. The van der Waals surface area contributed by atoms with Crippen molar-refractivity contribution in [2.24, 2.45) is 0 Å². The molecular weight excluding hydrogens is 358 g/mol. The zero-order valence-corrected chi connectivity index (χ0v) is 16.7. The van der Waals surface area contributed by atoms with Crippen molar-refractivity contribution in [1.29, 1.82) is 0 Å². The van der Waals surface area contributed by atoms with E-state index in [-0.39, 0.29) is 11.2 Å². The van der Waals surface area contributed by atoms with E-state index in [1.165, 1.54) is 0 Å². The number of para-hydroxylation sites is 2. The molecule has 6 nitrogen and oxygen atoms in total. The molecule has 0 aliphatic carbocycles. The number of benzene rings is 1. The van der Waals surface area contributed by atoms with E-state index in [9.17, 15) is 4.79 Å². The van der Waals surface area contributed by atoms with Gasteiger partial charge in [0.2, 0.25) is 5.91 Å². The maximum absolute atomic E-state index is 12.3. The molecule has 1 unspecified atom stereocenters. The van der Waals surface area contributed by atoms with Crippen molar-refractivity contribution in [3.05, 3.63) is 48.4 Å². The van der Waals surface area contributed by atoms with Crippen LogP contribution in [0.25, 0.3) is 11.0 Å². The molecule has 0 bridgehead atoms. The third kappa shape index (κ3) is 4.80. The fourth-order valence-electron chi connectivity index (χ4n) is 2.84. The van der Waals surface area contributed by atoms with Gasteiger partial charge in [0.05, 0.1) is 33.9 Å². The van der Waals surface area contributed by atoms with Gasteiger partial charge in [-0.3, -0.25) is 4.79 Å². The lowest BCUT2D eigenvalue weighted by atomic mass is 10.3. The molecular formula is C20H25N5OS. The second-order valence-corrected chi connectivity index (χ2v) is 7.55. The van der Waals surface area contributed by atoms with Crippen molar-refractivity contribution >= 4 is 40.2 Å². The third-order valence-corrected chi connectivity index (χ3v) is 5.53. The van der Waals surface area contributed by atoms with Gasteiger partial charge in [-0.25, -0.2) is 9.97 Å². The summed E-state index contributed by atoms with van der Waals surface area (Å²) in [4.78, 5) is 26.8. The van der Waals surface area contributed by atoms with E-state index in [1.807, 2.05) is 36.4 Å². The van der Waals surface area contributed by atoms with E-state index >= 15 is 0 Å². The first-order chi connectivity index (χ1) is 13.1. The number of aromatic amines is 1. The standard InChI is InChI=1S/C20H25N5OS/c1-4-25(5-2)18-11-10-15(12-21-18)22-19(26)13-27-14(3)20-23-16-8-6-7-9-17(16)24-20/h6-12,14H,4-5,13H2,1-3H3,(H,22,26)(H,23,24). The fraction of sp³-hybridized carbons (Fsp3) is 0.350. The molecule has 142 valence electrons. The van der Waals surface area contributed by atoms with Gasteiger partial charge in [0.25, 0.3) is 0 Å². The predicted octanol–water partition coefficient (Wildman–Crippen LogP) is 4.24. The van der Waals surface area contributed by atoms with Crippen molar-refractivity contribution < 1.29 is 4.79 Å². The Morgan fingerprint density at radius 3 is 2.67 bits per heavy atom. The van der Waals surface area contributed by atoms with Crippen LogP contribution in [0.5, 0.6) is 0 Å². The van der Waals surface area contributed by atoms with Crippen molar-refractivity contribution in [2.45, 2.75) is 26.0 Å². The quantitative estimate of drug-likeness (QED) is 0.609. The van der Waals surface area contributed by atoms with Gasteiger partial charge in [-0.1, -0.05) is 12.1 Å². The van der Waals surface area contributed by atoms with Crippen LogP contribution in [0.15, 0.2) is 42.6 Å². The van der Waals surface area contributed by atoms with Crippen molar-refractivity contribution in [3.63, 3.8) is 0 Å². The second-order valence-electron chi connectivity index (χ2n) is 6.22. The maximum Gasteiger partial charge on any atom is 0.234 e. The number of nitrogens with zero attached hydrogens (tertiary/aromatic N) is 3. The molecule has 0 aliphatic heterocycles. The number of aromatic nitrogens is 3. The Morgan fingerprint density at radius 1 is 1.22 bits per heavy atom. The second kappa shape index (κ2) is 8.90. The lowest BCUT2D eigenvalue weighted by Crippen LogP contribution is -2.23. The van der Waals surface area contributed by atoms with Crippen LogP contribution >= 0.6 is 11.8 Å². The van der Waals surface area contributed by atoms with E-state index in [0.29, 0.717) is 11.4 Å². The molecule has 2 N–H and O–H groups in total. The van der Waals surface area contributed by atoms with Gasteiger partial charge in [0.15, 0.2) is 0 Å². The van der Waals surface area contributed by atoms with Crippen LogP contribution in [-0.4, -0.2) is 39.7 Å². The minimum absolute atomic E-state index is 0.0413. The first kappa shape index (κ1) is 19.2. The molecule has 2 heterocycles. The van der Waals surface area contributed by atoms with Gasteiger partial charge >= 0.3 is 0 Å². The molecule has 1 amide bonds. The molecule has 0 saturated heterocycles. The van der Waals surface area contributed by atoms with Gasteiger partial charge < -0.3 is 15.2 Å². The summed E-state index contributed by atoms with van der Waals surface area (Å²) in [5, 5.41) is 3.01. The first-order valence-corrected chi connectivity index (χ1v) is 10.2. The van der Waals surface area contributed by atoms with Crippen LogP contribution in [0.2, 0.25) is 0 Å². The summed E-state index contributed by atoms with van der Waals surface area (Å²) >= 11 is 1.55. The van der Waals surface area contributed by atoms with Gasteiger partial charge in [-0.15, -0.1) is 11.8 Å². The Hall–Kier alpha value is -2.54. The summed E-state index contributed by atoms with van der Waals surface area (Å²) in [5.74, 6) is 2.13. The summed E-state index contributed by atoms with van der Waals surface area (Å²) in [7, 11) is 0. The summed E-state index contributed by atoms with van der Waals surface area (Å²) in [6, 6.07) is 11.8. The summed E-state index contributed by atoms with van der Waals surface area (Å²) in [6.45, 7) is 8.07. The number of pyridine rings is 1. The van der Waals surface area contributed by atoms with Crippen LogP contribution in [0.3, 0.4) is 0 Å². The molecule has 1 atom stereocenters. The largest absolute Gasteiger partial charge is 0.357 e. The molecule has 3 rings (SSSR count). The highest BCUT2D eigenvalue weighted by molar-refractivity contribution is 8.00. The Balaban J connectivity index is 1.53. The molecule has 0 aliphatic rings. The minimum atomic E-state index is -0.0413. The van der Waals surface area contributed by atoms with E-state index in [2.05, 4.69) is 45.9 Å². The number of fused-ring (bicyclic) bond motifs is 1. The molecule has 7 heteroatoms. The van der Waals surface area contributed by atoms with Gasteiger partial charge in [0, 0.05) is 13.1 Å². The molecule has 3 aromatic rings. The average molecular weight is 384 g/mol. The van der Waals surface area contributed by atoms with Crippen LogP contribution in [-0.2, 0) is 4.79 Å². The van der Waals surface area contributed by atoms with Crippen LogP contribution in [0.1, 0.15) is 31.8 Å². The normalized spacial score (nSPS) is 12.1. The van der Waals surface area contributed by atoms with E-state index in [1.54, 1.807) is 18.0 Å². The lowest BCUT2D eigenvalue weighted by Gasteiger charge is -2.19. The van der Waals surface area contributed by atoms with Crippen LogP contribution in [0, 0.1) is 0 Å². The van der Waals surface area contributed by atoms with Crippen LogP contribution in [0.4, 0.5) is 11.5 Å². The fourth-order valence-corrected chi connectivity index (χ4v) is 3.58. The van der Waals surface area contributed by atoms with E-state index < -0.39 is 0 Å². The number of H-pyrrole nitrogens is 1. The van der Waals surface area contributed by atoms with Crippen molar-refractivity contribution in [2.75, 3.05) is 29.1 Å². The average Bonchev–Trinajstić information content (AvgIpc) is 3.13. The molecule has 27 heavy (non-hydrogen) atoms. The molecule has 2 aromatic heterocycles. The summed E-state index contributed by atoms with van der Waals surface area (Å²) in [6.07, 6.45) is 1.71. The number of rotatable bonds is 8.